The van der Waals surface area contributed by atoms with Crippen LogP contribution in [0.25, 0.3) is 22.0 Å². The maximum atomic E-state index is 14.7. The number of nitrogens with one attached hydrogen (secondary N) is 1. The van der Waals surface area contributed by atoms with Crippen LogP contribution in [0.5, 0.6) is 0 Å². The minimum Gasteiger partial charge on any atom is -0.368 e. The molecule has 0 saturated carbocycles. The summed E-state index contributed by atoms with van der Waals surface area (Å²) >= 11 is 0. The molecule has 3 N–H and O–H groups in total. The van der Waals surface area contributed by atoms with Gasteiger partial charge in [-0.25, -0.2) is 27.3 Å². The number of hydrogen-bond acceptors (Lipinski definition) is 4. The standard InChI is InChI=1S/C21H15F3N4OS/c22-16-9-15(13-6-7-17-14(8-13)10-26-21(25)27-17)18(23)19(24)20(16)28-30(29)11-12-4-2-1-3-5-12/h1-10,28H,11H2,(H2,25,26,27). The van der Waals surface area contributed by atoms with Gasteiger partial charge in [-0.2, -0.15) is 0 Å². The van der Waals surface area contributed by atoms with E-state index in [0.29, 0.717) is 16.5 Å². The predicted octanol–water partition coefficient (Wildman–Crippen LogP) is 4.57. The first-order valence-corrected chi connectivity index (χ1v) is 10.1. The number of rotatable bonds is 5. The van der Waals surface area contributed by atoms with E-state index in [1.807, 2.05) is 0 Å². The summed E-state index contributed by atoms with van der Waals surface area (Å²) in [6.45, 7) is 0. The van der Waals surface area contributed by atoms with Crippen molar-refractivity contribution in [1.82, 2.24) is 9.97 Å². The summed E-state index contributed by atoms with van der Waals surface area (Å²) in [6.07, 6.45) is 1.44. The number of anilines is 2. The van der Waals surface area contributed by atoms with E-state index in [0.717, 1.165) is 6.07 Å². The number of nitrogens with two attached hydrogens (primary N) is 1. The van der Waals surface area contributed by atoms with E-state index in [2.05, 4.69) is 14.7 Å². The Bertz CT molecular complexity index is 1270. The fourth-order valence-electron chi connectivity index (χ4n) is 2.99. The number of hydrogen-bond donors (Lipinski definition) is 2. The maximum Gasteiger partial charge on any atom is 0.220 e. The van der Waals surface area contributed by atoms with Crippen molar-refractivity contribution in [2.45, 2.75) is 5.75 Å². The summed E-state index contributed by atoms with van der Waals surface area (Å²) in [5.41, 5.74) is 5.94. The molecule has 1 unspecified atom stereocenters. The SMILES string of the molecule is Nc1ncc2cc(-c3cc(F)c(NS(=O)Cc4ccccc4)c(F)c3F)ccc2n1. The lowest BCUT2D eigenvalue weighted by molar-refractivity contribution is 0.503. The van der Waals surface area contributed by atoms with Gasteiger partial charge in [0, 0.05) is 17.1 Å². The van der Waals surface area contributed by atoms with Crippen molar-refractivity contribution in [3.05, 3.63) is 83.8 Å². The van der Waals surface area contributed by atoms with Crippen LogP contribution in [-0.2, 0) is 16.7 Å². The van der Waals surface area contributed by atoms with Gasteiger partial charge in [-0.1, -0.05) is 36.4 Å². The fraction of sp³-hybridized carbons (Fsp3) is 0.0476. The molecular formula is C21H15F3N4OS. The van der Waals surface area contributed by atoms with Crippen LogP contribution in [-0.4, -0.2) is 14.2 Å². The zero-order valence-corrected chi connectivity index (χ0v) is 16.2. The van der Waals surface area contributed by atoms with Crippen molar-refractivity contribution in [3.8, 4) is 11.1 Å². The van der Waals surface area contributed by atoms with Crippen molar-refractivity contribution < 1.29 is 17.4 Å². The van der Waals surface area contributed by atoms with Crippen molar-refractivity contribution in [2.24, 2.45) is 0 Å². The Labute approximate surface area is 172 Å². The predicted molar refractivity (Wildman–Crippen MR) is 111 cm³/mol. The second-order valence-corrected chi connectivity index (χ2v) is 7.67. The van der Waals surface area contributed by atoms with Crippen LogP contribution in [0.1, 0.15) is 5.56 Å². The van der Waals surface area contributed by atoms with Crippen molar-refractivity contribution in [2.75, 3.05) is 10.5 Å². The number of halogens is 3. The molecule has 0 aliphatic carbocycles. The lowest BCUT2D eigenvalue weighted by Crippen LogP contribution is -2.11. The third-order valence-corrected chi connectivity index (χ3v) is 5.45. The van der Waals surface area contributed by atoms with E-state index in [1.165, 1.54) is 18.3 Å². The Morgan fingerprint density at radius 1 is 1.00 bits per heavy atom. The smallest absolute Gasteiger partial charge is 0.220 e. The molecule has 30 heavy (non-hydrogen) atoms. The van der Waals surface area contributed by atoms with Crippen molar-refractivity contribution >= 4 is 33.5 Å². The molecule has 0 fully saturated rings. The minimum absolute atomic E-state index is 0.0108. The first-order chi connectivity index (χ1) is 14.4. The average Bonchev–Trinajstić information content (AvgIpc) is 2.74. The average molecular weight is 428 g/mol. The van der Waals surface area contributed by atoms with Crippen LogP contribution < -0.4 is 10.5 Å². The Morgan fingerprint density at radius 2 is 1.77 bits per heavy atom. The molecule has 1 atom stereocenters. The fourth-order valence-corrected chi connectivity index (χ4v) is 3.97. The van der Waals surface area contributed by atoms with Gasteiger partial charge in [0.15, 0.2) is 17.5 Å². The van der Waals surface area contributed by atoms with Gasteiger partial charge in [0.1, 0.15) is 16.7 Å². The highest BCUT2D eigenvalue weighted by Crippen LogP contribution is 2.33. The van der Waals surface area contributed by atoms with Crippen LogP contribution in [0.15, 0.2) is 60.8 Å². The Hall–Kier alpha value is -3.46. The molecule has 1 aromatic heterocycles. The molecule has 4 rings (SSSR count). The zero-order chi connectivity index (χ0) is 21.3. The second-order valence-electron chi connectivity index (χ2n) is 6.49. The topological polar surface area (TPSA) is 80.9 Å². The molecule has 3 aromatic carbocycles. The van der Waals surface area contributed by atoms with Crippen LogP contribution >= 0.6 is 0 Å². The quantitative estimate of drug-likeness (QED) is 0.456. The molecule has 5 nitrogen and oxygen atoms in total. The summed E-state index contributed by atoms with van der Waals surface area (Å²) in [5.74, 6) is -3.67. The number of nitrogen functional groups attached to an aromatic ring is 1. The van der Waals surface area contributed by atoms with E-state index in [9.17, 15) is 17.4 Å². The van der Waals surface area contributed by atoms with Crippen LogP contribution in [0.2, 0.25) is 0 Å². The molecule has 4 aromatic rings. The van der Waals surface area contributed by atoms with Gasteiger partial charge in [0.05, 0.1) is 11.3 Å². The largest absolute Gasteiger partial charge is 0.368 e. The van der Waals surface area contributed by atoms with Crippen molar-refractivity contribution in [3.63, 3.8) is 0 Å². The number of benzene rings is 3. The van der Waals surface area contributed by atoms with Gasteiger partial charge < -0.3 is 5.73 Å². The third-order valence-electron chi connectivity index (χ3n) is 4.42. The van der Waals surface area contributed by atoms with E-state index in [1.54, 1.807) is 36.4 Å². The Balaban J connectivity index is 1.66. The second kappa shape index (κ2) is 8.11. The zero-order valence-electron chi connectivity index (χ0n) is 15.4. The molecule has 0 spiro atoms. The first-order valence-electron chi connectivity index (χ1n) is 8.81. The van der Waals surface area contributed by atoms with E-state index in [4.69, 9.17) is 5.73 Å². The van der Waals surface area contributed by atoms with Gasteiger partial charge in [-0.15, -0.1) is 0 Å². The van der Waals surface area contributed by atoms with Crippen LogP contribution in [0.4, 0.5) is 24.8 Å². The normalized spacial score (nSPS) is 12.1. The van der Waals surface area contributed by atoms with Gasteiger partial charge in [-0.05, 0) is 29.3 Å². The van der Waals surface area contributed by atoms with E-state index in [-0.39, 0.29) is 22.8 Å². The maximum absolute atomic E-state index is 14.7. The Morgan fingerprint density at radius 3 is 2.53 bits per heavy atom. The van der Waals surface area contributed by atoms with Gasteiger partial charge >= 0.3 is 0 Å². The molecule has 0 saturated heterocycles. The molecule has 152 valence electrons. The number of fused-ring (bicyclic) bond motifs is 1. The van der Waals surface area contributed by atoms with Crippen LogP contribution in [0.3, 0.4) is 0 Å². The summed E-state index contributed by atoms with van der Waals surface area (Å²) in [5, 5.41) is 0.535. The highest BCUT2D eigenvalue weighted by Gasteiger charge is 2.21. The molecule has 0 bridgehead atoms. The lowest BCUT2D eigenvalue weighted by atomic mass is 10.0. The molecule has 0 aliphatic heterocycles. The molecule has 0 amide bonds. The third kappa shape index (κ3) is 3.97. The van der Waals surface area contributed by atoms with E-state index < -0.39 is 34.1 Å². The minimum atomic E-state index is -1.85. The number of aromatic nitrogens is 2. The first kappa shape index (κ1) is 19.8. The highest BCUT2D eigenvalue weighted by molar-refractivity contribution is 7.85. The lowest BCUT2D eigenvalue weighted by Gasteiger charge is -2.12. The summed E-state index contributed by atoms with van der Waals surface area (Å²) in [6, 6.07) is 14.2. The number of nitrogens with zero attached hydrogens (tertiary/aromatic N) is 2. The molecule has 1 heterocycles. The van der Waals surface area contributed by atoms with Gasteiger partial charge in [0.25, 0.3) is 0 Å². The molecule has 0 radical (unpaired) electrons. The van der Waals surface area contributed by atoms with Crippen molar-refractivity contribution in [1.29, 1.82) is 0 Å². The Kier molecular flexibility index (Phi) is 5.37. The van der Waals surface area contributed by atoms with Gasteiger partial charge in [-0.3, -0.25) is 4.72 Å². The van der Waals surface area contributed by atoms with Gasteiger partial charge in [0.2, 0.25) is 5.95 Å². The van der Waals surface area contributed by atoms with E-state index >= 15 is 0 Å². The monoisotopic (exact) mass is 428 g/mol. The molecule has 9 heteroatoms. The van der Waals surface area contributed by atoms with Crippen LogP contribution in [0, 0.1) is 17.5 Å². The summed E-state index contributed by atoms with van der Waals surface area (Å²) < 4.78 is 58.4. The summed E-state index contributed by atoms with van der Waals surface area (Å²) in [7, 11) is -1.85. The molecule has 0 aliphatic rings. The highest BCUT2D eigenvalue weighted by atomic mass is 32.2. The summed E-state index contributed by atoms with van der Waals surface area (Å²) in [4.78, 5) is 7.89. The molecular weight excluding hydrogens is 413 g/mol.